The van der Waals surface area contributed by atoms with E-state index in [1.165, 1.54) is 30.0 Å². The highest BCUT2D eigenvalue weighted by Gasteiger charge is 2.23. The van der Waals surface area contributed by atoms with Gasteiger partial charge in [0.1, 0.15) is 16.9 Å². The first-order valence-electron chi connectivity index (χ1n) is 8.72. The van der Waals surface area contributed by atoms with Gasteiger partial charge in [-0.2, -0.15) is 5.26 Å². The largest absolute Gasteiger partial charge is 0.452 e. The molecule has 1 aliphatic carbocycles. The highest BCUT2D eigenvalue weighted by atomic mass is 32.2. The predicted molar refractivity (Wildman–Crippen MR) is 108 cm³/mol. The summed E-state index contributed by atoms with van der Waals surface area (Å²) >= 11 is 2.67. The molecule has 1 aliphatic rings. The lowest BCUT2D eigenvalue weighted by Crippen LogP contribution is -2.21. The molecule has 2 aromatic rings. The first-order chi connectivity index (χ1) is 13.5. The molecular weight excluding hydrogens is 396 g/mol. The number of carbonyl (C=O) groups is 3. The number of nitrogens with one attached hydrogen (secondary N) is 1. The van der Waals surface area contributed by atoms with Crippen LogP contribution < -0.4 is 5.32 Å². The Morgan fingerprint density at radius 1 is 1.29 bits per heavy atom. The number of fused-ring (bicyclic) bond motifs is 1. The monoisotopic (exact) mass is 414 g/mol. The number of thiophene rings is 1. The third-order valence-electron chi connectivity index (χ3n) is 4.16. The zero-order valence-electron chi connectivity index (χ0n) is 15.2. The molecule has 3 rings (SSSR count). The number of ketones is 1. The number of carbonyl (C=O) groups excluding carboxylic acids is 3. The summed E-state index contributed by atoms with van der Waals surface area (Å²) in [6.07, 6.45) is 2.81. The maximum atomic E-state index is 12.4. The van der Waals surface area contributed by atoms with Crippen molar-refractivity contribution >= 4 is 45.8 Å². The quantitative estimate of drug-likeness (QED) is 0.549. The molecule has 144 valence electrons. The van der Waals surface area contributed by atoms with Crippen molar-refractivity contribution in [3.8, 4) is 6.07 Å². The number of esters is 1. The molecule has 0 saturated heterocycles. The molecule has 0 spiro atoms. The van der Waals surface area contributed by atoms with Crippen LogP contribution in [0.3, 0.4) is 0 Å². The van der Waals surface area contributed by atoms with Crippen molar-refractivity contribution in [1.82, 2.24) is 0 Å². The topological polar surface area (TPSA) is 96.3 Å². The second kappa shape index (κ2) is 9.04. The number of Topliss-reactive ketones (excluding diaryl/α,β-unsaturated/α-hetero) is 1. The molecular formula is C20H18N2O4S2. The van der Waals surface area contributed by atoms with E-state index >= 15 is 0 Å². The van der Waals surface area contributed by atoms with E-state index < -0.39 is 18.5 Å². The van der Waals surface area contributed by atoms with E-state index in [9.17, 15) is 19.6 Å². The van der Waals surface area contributed by atoms with Gasteiger partial charge in [0.2, 0.25) is 0 Å². The standard InChI is InChI=1S/C20H18N2O4S2/c1-12(23)11-27-16-7-3-2-5-14(16)20(25)26-10-18(24)22-19-15(9-21)13-6-4-8-17(13)28-19/h2-3,5,7H,4,6,8,10-11H2,1H3,(H,22,24). The third-order valence-corrected chi connectivity index (χ3v) is 6.58. The number of benzene rings is 1. The summed E-state index contributed by atoms with van der Waals surface area (Å²) in [5.74, 6) is -0.858. The van der Waals surface area contributed by atoms with Crippen LogP contribution in [-0.4, -0.2) is 30.0 Å². The van der Waals surface area contributed by atoms with E-state index in [0.29, 0.717) is 21.0 Å². The first-order valence-corrected chi connectivity index (χ1v) is 10.5. The number of nitrogens with zero attached hydrogens (tertiary/aromatic N) is 1. The molecule has 8 heteroatoms. The van der Waals surface area contributed by atoms with Gasteiger partial charge >= 0.3 is 5.97 Å². The van der Waals surface area contributed by atoms with Crippen LogP contribution >= 0.6 is 23.1 Å². The first kappa shape index (κ1) is 20.1. The second-order valence-corrected chi connectivity index (χ2v) is 8.41. The van der Waals surface area contributed by atoms with Crippen LogP contribution in [0, 0.1) is 11.3 Å². The van der Waals surface area contributed by atoms with Crippen LogP contribution in [0.25, 0.3) is 0 Å². The Balaban J connectivity index is 1.61. The molecule has 28 heavy (non-hydrogen) atoms. The Hall–Kier alpha value is -2.63. The summed E-state index contributed by atoms with van der Waals surface area (Å²) in [6, 6.07) is 8.96. The van der Waals surface area contributed by atoms with E-state index in [1.54, 1.807) is 24.3 Å². The molecule has 1 N–H and O–H groups in total. The molecule has 0 aliphatic heterocycles. The zero-order chi connectivity index (χ0) is 20.1. The zero-order valence-corrected chi connectivity index (χ0v) is 16.9. The van der Waals surface area contributed by atoms with Gasteiger partial charge in [0, 0.05) is 9.77 Å². The highest BCUT2D eigenvalue weighted by Crippen LogP contribution is 2.38. The van der Waals surface area contributed by atoms with Crippen molar-refractivity contribution in [3.05, 3.63) is 45.8 Å². The summed E-state index contributed by atoms with van der Waals surface area (Å²) in [5, 5.41) is 12.6. The van der Waals surface area contributed by atoms with Crippen molar-refractivity contribution in [2.24, 2.45) is 0 Å². The van der Waals surface area contributed by atoms with E-state index in [2.05, 4.69) is 11.4 Å². The van der Waals surface area contributed by atoms with E-state index in [0.717, 1.165) is 29.7 Å². The van der Waals surface area contributed by atoms with Gasteiger partial charge in [0.25, 0.3) is 5.91 Å². The van der Waals surface area contributed by atoms with Crippen LogP contribution in [0.15, 0.2) is 29.2 Å². The average Bonchev–Trinajstić information content (AvgIpc) is 3.25. The van der Waals surface area contributed by atoms with Crippen LogP contribution in [0.1, 0.15) is 39.7 Å². The van der Waals surface area contributed by atoms with Gasteiger partial charge in [0.15, 0.2) is 6.61 Å². The molecule has 0 fully saturated rings. The number of anilines is 1. The Kier molecular flexibility index (Phi) is 6.49. The van der Waals surface area contributed by atoms with Crippen LogP contribution in [0.2, 0.25) is 0 Å². The fourth-order valence-electron chi connectivity index (χ4n) is 2.92. The van der Waals surface area contributed by atoms with Crippen molar-refractivity contribution in [3.63, 3.8) is 0 Å². The molecule has 0 saturated carbocycles. The van der Waals surface area contributed by atoms with Gasteiger partial charge in [-0.05, 0) is 43.9 Å². The Labute approximate surface area is 170 Å². The van der Waals surface area contributed by atoms with Crippen molar-refractivity contribution in [1.29, 1.82) is 5.26 Å². The fraction of sp³-hybridized carbons (Fsp3) is 0.300. The molecule has 0 bridgehead atoms. The van der Waals surface area contributed by atoms with E-state index in [1.807, 2.05) is 0 Å². The van der Waals surface area contributed by atoms with Gasteiger partial charge in [-0.25, -0.2) is 4.79 Å². The number of amides is 1. The Bertz CT molecular complexity index is 975. The highest BCUT2D eigenvalue weighted by molar-refractivity contribution is 8.00. The number of rotatable bonds is 7. The number of hydrogen-bond acceptors (Lipinski definition) is 7. The average molecular weight is 415 g/mol. The van der Waals surface area contributed by atoms with Crippen LogP contribution in [-0.2, 0) is 27.2 Å². The molecule has 0 unspecified atom stereocenters. The molecule has 0 radical (unpaired) electrons. The van der Waals surface area contributed by atoms with Crippen molar-refractivity contribution in [2.45, 2.75) is 31.1 Å². The molecule has 6 nitrogen and oxygen atoms in total. The number of thioether (sulfide) groups is 1. The lowest BCUT2D eigenvalue weighted by molar-refractivity contribution is -0.119. The van der Waals surface area contributed by atoms with Gasteiger partial charge in [0.05, 0.1) is 16.9 Å². The Morgan fingerprint density at radius 2 is 2.07 bits per heavy atom. The normalized spacial score (nSPS) is 12.1. The van der Waals surface area contributed by atoms with E-state index in [4.69, 9.17) is 4.74 Å². The number of nitriles is 1. The SMILES string of the molecule is CC(=O)CSc1ccccc1C(=O)OCC(=O)Nc1sc2c(c1C#N)CCC2. The number of aryl methyl sites for hydroxylation is 1. The molecule has 1 aromatic carbocycles. The fourth-order valence-corrected chi connectivity index (χ4v) is 5.02. The lowest BCUT2D eigenvalue weighted by Gasteiger charge is -2.09. The smallest absolute Gasteiger partial charge is 0.339 e. The summed E-state index contributed by atoms with van der Waals surface area (Å²) < 4.78 is 5.13. The molecule has 1 heterocycles. The molecule has 0 atom stereocenters. The number of ether oxygens (including phenoxy) is 1. The van der Waals surface area contributed by atoms with Crippen LogP contribution in [0.4, 0.5) is 5.00 Å². The summed E-state index contributed by atoms with van der Waals surface area (Å²) in [5.41, 5.74) is 1.86. The molecule has 1 amide bonds. The van der Waals surface area contributed by atoms with Crippen LogP contribution in [0.5, 0.6) is 0 Å². The third kappa shape index (κ3) is 4.61. The lowest BCUT2D eigenvalue weighted by atomic mass is 10.1. The number of hydrogen-bond donors (Lipinski definition) is 1. The summed E-state index contributed by atoms with van der Waals surface area (Å²) in [7, 11) is 0. The van der Waals surface area contributed by atoms with Gasteiger partial charge < -0.3 is 10.1 Å². The van der Waals surface area contributed by atoms with Gasteiger partial charge in [-0.3, -0.25) is 9.59 Å². The van der Waals surface area contributed by atoms with Gasteiger partial charge in [-0.15, -0.1) is 23.1 Å². The summed E-state index contributed by atoms with van der Waals surface area (Å²) in [4.78, 5) is 37.5. The minimum Gasteiger partial charge on any atom is -0.452 e. The van der Waals surface area contributed by atoms with Gasteiger partial charge in [-0.1, -0.05) is 12.1 Å². The maximum Gasteiger partial charge on any atom is 0.339 e. The Morgan fingerprint density at radius 3 is 2.82 bits per heavy atom. The second-order valence-electron chi connectivity index (χ2n) is 6.28. The van der Waals surface area contributed by atoms with Crippen molar-refractivity contribution < 1.29 is 19.1 Å². The summed E-state index contributed by atoms with van der Waals surface area (Å²) in [6.45, 7) is 1.03. The maximum absolute atomic E-state index is 12.4. The van der Waals surface area contributed by atoms with Crippen molar-refractivity contribution in [2.75, 3.05) is 17.7 Å². The minimum absolute atomic E-state index is 0.00342. The molecule has 1 aromatic heterocycles. The minimum atomic E-state index is -0.629. The van der Waals surface area contributed by atoms with E-state index in [-0.39, 0.29) is 11.5 Å². The predicted octanol–water partition coefficient (Wildman–Crippen LogP) is 3.59.